The Morgan fingerprint density at radius 3 is 2.95 bits per heavy atom. The average Bonchev–Trinajstić information content (AvgIpc) is 2.73. The van der Waals surface area contributed by atoms with Crippen LogP contribution >= 0.6 is 23.4 Å². The van der Waals surface area contributed by atoms with E-state index >= 15 is 0 Å². The number of rotatable bonds is 4. The number of thioether (sulfide) groups is 1. The zero-order chi connectivity index (χ0) is 15.4. The van der Waals surface area contributed by atoms with Gasteiger partial charge in [-0.2, -0.15) is 5.10 Å². The first-order valence-electron chi connectivity index (χ1n) is 5.74. The maximum Gasteiger partial charge on any atom is 0.305 e. The largest absolute Gasteiger partial charge is 0.506 e. The summed E-state index contributed by atoms with van der Waals surface area (Å²) < 4.78 is 0. The fraction of sp³-hybridized carbons (Fsp3) is 0.167. The van der Waals surface area contributed by atoms with Gasteiger partial charge in [0.05, 0.1) is 17.7 Å². The van der Waals surface area contributed by atoms with E-state index in [-0.39, 0.29) is 22.4 Å². The highest BCUT2D eigenvalue weighted by Crippen LogP contribution is 2.23. The monoisotopic (exact) mass is 327 g/mol. The molecule has 7 nitrogen and oxygen atoms in total. The SMILES string of the molecule is O=C(O)CC1SC(=NN=Cc2ccc(O)c(Cl)c2)NC1=O. The highest BCUT2D eigenvalue weighted by Gasteiger charge is 2.32. The number of carbonyl (C=O) groups excluding carboxylic acids is 1. The molecule has 1 heterocycles. The Balaban J connectivity index is 2.01. The summed E-state index contributed by atoms with van der Waals surface area (Å²) in [5.41, 5.74) is 0.624. The van der Waals surface area contributed by atoms with E-state index in [9.17, 15) is 14.7 Å². The van der Waals surface area contributed by atoms with E-state index in [1.54, 1.807) is 6.07 Å². The van der Waals surface area contributed by atoms with Crippen LogP contribution in [0.2, 0.25) is 5.02 Å². The van der Waals surface area contributed by atoms with Crippen molar-refractivity contribution in [2.45, 2.75) is 11.7 Å². The Kier molecular flexibility index (Phi) is 4.81. The third kappa shape index (κ3) is 4.20. The molecule has 0 spiro atoms. The van der Waals surface area contributed by atoms with Gasteiger partial charge in [-0.05, 0) is 23.8 Å². The van der Waals surface area contributed by atoms with Crippen molar-refractivity contribution in [3.05, 3.63) is 28.8 Å². The van der Waals surface area contributed by atoms with E-state index in [2.05, 4.69) is 15.5 Å². The van der Waals surface area contributed by atoms with Gasteiger partial charge in [0.2, 0.25) is 5.91 Å². The van der Waals surface area contributed by atoms with Gasteiger partial charge in [-0.1, -0.05) is 23.4 Å². The van der Waals surface area contributed by atoms with Crippen LogP contribution in [0, 0.1) is 0 Å². The highest BCUT2D eigenvalue weighted by atomic mass is 35.5. The number of nitrogens with zero attached hydrogens (tertiary/aromatic N) is 2. The second kappa shape index (κ2) is 6.59. The van der Waals surface area contributed by atoms with Gasteiger partial charge in [0.15, 0.2) is 5.17 Å². The van der Waals surface area contributed by atoms with E-state index in [0.717, 1.165) is 11.8 Å². The van der Waals surface area contributed by atoms with Crippen LogP contribution in [0.1, 0.15) is 12.0 Å². The first-order valence-corrected chi connectivity index (χ1v) is 7.00. The second-order valence-corrected chi connectivity index (χ2v) is 5.65. The van der Waals surface area contributed by atoms with Crippen LogP contribution in [0.5, 0.6) is 5.75 Å². The maximum atomic E-state index is 11.5. The number of phenols is 1. The molecule has 1 fully saturated rings. The van der Waals surface area contributed by atoms with Crippen LogP contribution in [-0.2, 0) is 9.59 Å². The Labute approximate surface area is 128 Å². The van der Waals surface area contributed by atoms with Crippen molar-refractivity contribution < 1.29 is 19.8 Å². The minimum Gasteiger partial charge on any atom is -0.506 e. The predicted molar refractivity (Wildman–Crippen MR) is 79.9 cm³/mol. The van der Waals surface area contributed by atoms with Gasteiger partial charge in [-0.15, -0.1) is 5.10 Å². The third-order valence-electron chi connectivity index (χ3n) is 2.46. The summed E-state index contributed by atoms with van der Waals surface area (Å²) in [5, 5.41) is 27.7. The molecular formula is C12H10ClN3O4S. The predicted octanol–water partition coefficient (Wildman–Crippen LogP) is 1.44. The number of carboxylic acids is 1. The second-order valence-electron chi connectivity index (χ2n) is 4.05. The number of amides is 1. The van der Waals surface area contributed by atoms with E-state index < -0.39 is 17.1 Å². The molecular weight excluding hydrogens is 318 g/mol. The van der Waals surface area contributed by atoms with Gasteiger partial charge in [-0.3, -0.25) is 9.59 Å². The fourth-order valence-electron chi connectivity index (χ4n) is 1.50. The topological polar surface area (TPSA) is 111 Å². The van der Waals surface area contributed by atoms with Crippen LogP contribution in [0.15, 0.2) is 28.4 Å². The van der Waals surface area contributed by atoms with Crippen molar-refractivity contribution in [3.63, 3.8) is 0 Å². The molecule has 1 aromatic carbocycles. The van der Waals surface area contributed by atoms with Gasteiger partial charge >= 0.3 is 5.97 Å². The Bertz CT molecular complexity index is 647. The van der Waals surface area contributed by atoms with Crippen LogP contribution < -0.4 is 5.32 Å². The molecule has 21 heavy (non-hydrogen) atoms. The summed E-state index contributed by atoms with van der Waals surface area (Å²) >= 11 is 6.76. The summed E-state index contributed by atoms with van der Waals surface area (Å²) in [6.45, 7) is 0. The van der Waals surface area contributed by atoms with Crippen LogP contribution in [0.3, 0.4) is 0 Å². The summed E-state index contributed by atoms with van der Waals surface area (Å²) in [6.07, 6.45) is 1.13. The lowest BCUT2D eigenvalue weighted by molar-refractivity contribution is -0.138. The molecule has 1 atom stereocenters. The minimum absolute atomic E-state index is 0.0322. The highest BCUT2D eigenvalue weighted by molar-refractivity contribution is 8.15. The van der Waals surface area contributed by atoms with Crippen molar-refractivity contribution in [1.29, 1.82) is 0 Å². The molecule has 0 radical (unpaired) electrons. The molecule has 0 aromatic heterocycles. The first-order chi connectivity index (χ1) is 9.95. The van der Waals surface area contributed by atoms with Gasteiger partial charge in [-0.25, -0.2) is 0 Å². The van der Waals surface area contributed by atoms with E-state index in [1.165, 1.54) is 18.3 Å². The molecule has 0 bridgehead atoms. The van der Waals surface area contributed by atoms with Crippen molar-refractivity contribution in [1.82, 2.24) is 5.32 Å². The van der Waals surface area contributed by atoms with Crippen molar-refractivity contribution in [3.8, 4) is 5.75 Å². The number of carboxylic acid groups (broad SMARTS) is 1. The van der Waals surface area contributed by atoms with E-state index in [4.69, 9.17) is 16.7 Å². The quantitative estimate of drug-likeness (QED) is 0.572. The zero-order valence-electron chi connectivity index (χ0n) is 10.5. The molecule has 9 heteroatoms. The smallest absolute Gasteiger partial charge is 0.305 e. The lowest BCUT2D eigenvalue weighted by Crippen LogP contribution is -2.26. The molecule has 0 aliphatic carbocycles. The normalized spacial score (nSPS) is 20.1. The molecule has 1 aliphatic rings. The molecule has 1 amide bonds. The lowest BCUT2D eigenvalue weighted by atomic mass is 10.2. The molecule has 1 saturated heterocycles. The number of phenolic OH excluding ortho intramolecular Hbond substituents is 1. The van der Waals surface area contributed by atoms with E-state index in [0.29, 0.717) is 5.56 Å². The average molecular weight is 328 g/mol. The van der Waals surface area contributed by atoms with E-state index in [1.807, 2.05) is 0 Å². The summed E-state index contributed by atoms with van der Waals surface area (Å²) in [6, 6.07) is 4.53. The van der Waals surface area contributed by atoms with Crippen LogP contribution in [0.25, 0.3) is 0 Å². The lowest BCUT2D eigenvalue weighted by Gasteiger charge is -1.98. The van der Waals surface area contributed by atoms with Crippen LogP contribution in [0.4, 0.5) is 0 Å². The number of hydrogen-bond acceptors (Lipinski definition) is 6. The number of amidine groups is 1. The van der Waals surface area contributed by atoms with Crippen LogP contribution in [-0.4, -0.2) is 38.7 Å². The number of halogens is 1. The Morgan fingerprint density at radius 1 is 1.52 bits per heavy atom. The standard InChI is InChI=1S/C12H10ClN3O4S/c13-7-3-6(1-2-8(7)17)5-14-16-12-15-11(20)9(21-12)4-10(18)19/h1-3,5,9,17H,4H2,(H,18,19)(H,15,16,20). The molecule has 3 N–H and O–H groups in total. The number of nitrogens with one attached hydrogen (secondary N) is 1. The van der Waals surface area contributed by atoms with Crippen molar-refractivity contribution in [2.75, 3.05) is 0 Å². The number of aromatic hydroxyl groups is 1. The molecule has 1 aliphatic heterocycles. The van der Waals surface area contributed by atoms with Gasteiger partial charge < -0.3 is 15.5 Å². The number of carbonyl (C=O) groups is 2. The van der Waals surface area contributed by atoms with Gasteiger partial charge in [0, 0.05) is 0 Å². The zero-order valence-corrected chi connectivity index (χ0v) is 12.1. The minimum atomic E-state index is -1.05. The van der Waals surface area contributed by atoms with Crippen molar-refractivity contribution >= 4 is 46.6 Å². The first kappa shape index (κ1) is 15.3. The number of benzene rings is 1. The molecule has 0 saturated carbocycles. The Hall–Kier alpha value is -2.06. The summed E-state index contributed by atoms with van der Waals surface area (Å²) in [4.78, 5) is 22.0. The fourth-order valence-corrected chi connectivity index (χ4v) is 2.60. The van der Waals surface area contributed by atoms with Gasteiger partial charge in [0.25, 0.3) is 0 Å². The molecule has 1 unspecified atom stereocenters. The maximum absolute atomic E-state index is 11.5. The molecule has 2 rings (SSSR count). The third-order valence-corrected chi connectivity index (χ3v) is 3.84. The van der Waals surface area contributed by atoms with Crippen molar-refractivity contribution in [2.24, 2.45) is 10.2 Å². The number of hydrogen-bond donors (Lipinski definition) is 3. The summed E-state index contributed by atoms with van der Waals surface area (Å²) in [7, 11) is 0. The summed E-state index contributed by atoms with van der Waals surface area (Å²) in [5.74, 6) is -1.48. The number of aliphatic carboxylic acids is 1. The van der Waals surface area contributed by atoms with Gasteiger partial charge in [0.1, 0.15) is 11.0 Å². The molecule has 110 valence electrons. The Morgan fingerprint density at radius 2 is 2.29 bits per heavy atom. The molecule has 1 aromatic rings.